The lowest BCUT2D eigenvalue weighted by atomic mass is 10.0. The average Bonchev–Trinajstić information content (AvgIpc) is 3.27. The van der Waals surface area contributed by atoms with E-state index in [2.05, 4.69) is 14.2 Å². The second-order valence-electron chi connectivity index (χ2n) is 7.53. The summed E-state index contributed by atoms with van der Waals surface area (Å²) < 4.78 is 112. The Morgan fingerprint density at radius 2 is 1.45 bits per heavy atom. The quantitative estimate of drug-likeness (QED) is 0.217. The Kier molecular flexibility index (Phi) is 7.61. The van der Waals surface area contributed by atoms with Gasteiger partial charge in [0.15, 0.2) is 0 Å². The average molecular weight is 607 g/mol. The monoisotopic (exact) mass is 606 g/mol. The van der Waals surface area contributed by atoms with Gasteiger partial charge in [0, 0.05) is 5.56 Å². The molecule has 0 bridgehead atoms. The summed E-state index contributed by atoms with van der Waals surface area (Å²) in [5.41, 5.74) is -0.138. The molecule has 0 aliphatic rings. The molecule has 4 rings (SSSR count). The van der Waals surface area contributed by atoms with Crippen molar-refractivity contribution in [1.29, 1.82) is 0 Å². The van der Waals surface area contributed by atoms with E-state index in [1.54, 1.807) is 6.07 Å². The fourth-order valence-corrected chi connectivity index (χ4v) is 6.87. The largest absolute Gasteiger partial charge is 0.573 e. The number of rotatable bonds is 8. The van der Waals surface area contributed by atoms with Crippen LogP contribution in [0.5, 0.6) is 5.75 Å². The molecule has 0 unspecified atom stereocenters. The smallest absolute Gasteiger partial charge is 0.406 e. The van der Waals surface area contributed by atoms with Gasteiger partial charge in [0.2, 0.25) is 0 Å². The molecule has 200 valence electrons. The molecule has 0 fully saturated rings. The number of nitrogens with one attached hydrogen (secondary N) is 2. The summed E-state index contributed by atoms with van der Waals surface area (Å²) in [6, 6.07) is 15.5. The van der Waals surface area contributed by atoms with Gasteiger partial charge < -0.3 is 4.74 Å². The van der Waals surface area contributed by atoms with Crippen LogP contribution in [0.25, 0.3) is 11.1 Å². The molecule has 4 aromatic rings. The van der Waals surface area contributed by atoms with Crippen LogP contribution in [0.1, 0.15) is 0 Å². The van der Waals surface area contributed by atoms with Crippen LogP contribution in [0, 0.1) is 5.82 Å². The first-order chi connectivity index (χ1) is 17.7. The summed E-state index contributed by atoms with van der Waals surface area (Å²) in [5.74, 6) is -1.25. The molecule has 0 amide bonds. The Morgan fingerprint density at radius 1 is 0.789 bits per heavy atom. The zero-order valence-electron chi connectivity index (χ0n) is 18.7. The summed E-state index contributed by atoms with van der Waals surface area (Å²) in [7, 11) is -8.65. The number of alkyl halides is 3. The molecular formula is C23H15ClF4N2O5S3. The maximum Gasteiger partial charge on any atom is 0.573 e. The lowest BCUT2D eigenvalue weighted by Gasteiger charge is -2.16. The first kappa shape index (κ1) is 27.7. The van der Waals surface area contributed by atoms with E-state index in [0.29, 0.717) is 0 Å². The molecule has 2 N–H and O–H groups in total. The van der Waals surface area contributed by atoms with Gasteiger partial charge in [-0.05, 0) is 60.2 Å². The molecule has 1 aromatic heterocycles. The van der Waals surface area contributed by atoms with Crippen molar-refractivity contribution in [2.24, 2.45) is 0 Å². The number of hydrogen-bond acceptors (Lipinski definition) is 6. The molecule has 0 spiro atoms. The van der Waals surface area contributed by atoms with Crippen molar-refractivity contribution in [2.75, 3.05) is 9.44 Å². The molecule has 3 aromatic carbocycles. The first-order valence-corrected chi connectivity index (χ1v) is 14.5. The topological polar surface area (TPSA) is 102 Å². The summed E-state index contributed by atoms with van der Waals surface area (Å²) in [6.45, 7) is 0. The van der Waals surface area contributed by atoms with Gasteiger partial charge in [-0.1, -0.05) is 35.9 Å². The van der Waals surface area contributed by atoms with E-state index in [1.807, 2.05) is 0 Å². The zero-order valence-corrected chi connectivity index (χ0v) is 21.9. The minimum atomic E-state index is -4.97. The number of benzene rings is 3. The highest BCUT2D eigenvalue weighted by Crippen LogP contribution is 2.35. The Morgan fingerprint density at radius 3 is 2.05 bits per heavy atom. The van der Waals surface area contributed by atoms with Crippen molar-refractivity contribution < 1.29 is 39.1 Å². The normalized spacial score (nSPS) is 12.2. The zero-order chi connectivity index (χ0) is 27.7. The van der Waals surface area contributed by atoms with E-state index in [1.165, 1.54) is 48.5 Å². The van der Waals surface area contributed by atoms with E-state index in [4.69, 9.17) is 11.6 Å². The number of ether oxygens (including phenoxy) is 1. The van der Waals surface area contributed by atoms with Gasteiger partial charge in [-0.3, -0.25) is 9.44 Å². The van der Waals surface area contributed by atoms with Crippen LogP contribution >= 0.6 is 22.9 Å². The second kappa shape index (κ2) is 10.4. The Hall–Kier alpha value is -3.33. The Balaban J connectivity index is 1.73. The lowest BCUT2D eigenvalue weighted by molar-refractivity contribution is -0.274. The lowest BCUT2D eigenvalue weighted by Crippen LogP contribution is -2.18. The summed E-state index contributed by atoms with van der Waals surface area (Å²) in [6.07, 6.45) is -4.97. The van der Waals surface area contributed by atoms with Crippen molar-refractivity contribution in [3.8, 4) is 16.9 Å². The number of halogens is 5. The van der Waals surface area contributed by atoms with Crippen molar-refractivity contribution >= 4 is 54.4 Å². The van der Waals surface area contributed by atoms with Crippen LogP contribution in [0.4, 0.5) is 28.9 Å². The first-order valence-electron chi connectivity index (χ1n) is 10.3. The molecule has 0 radical (unpaired) electrons. The molecule has 0 atom stereocenters. The summed E-state index contributed by atoms with van der Waals surface area (Å²) >= 11 is 6.61. The highest BCUT2D eigenvalue weighted by molar-refractivity contribution is 7.94. The molecule has 0 aliphatic carbocycles. The molecule has 1 heterocycles. The molecule has 15 heteroatoms. The Bertz CT molecular complexity index is 1690. The van der Waals surface area contributed by atoms with Crippen LogP contribution in [0.15, 0.2) is 88.0 Å². The van der Waals surface area contributed by atoms with Gasteiger partial charge >= 0.3 is 6.36 Å². The fraction of sp³-hybridized carbons (Fsp3) is 0.0435. The number of sulfonamides is 2. The molecular weight excluding hydrogens is 592 g/mol. The highest BCUT2D eigenvalue weighted by atomic mass is 35.5. The molecule has 0 saturated heterocycles. The maximum atomic E-state index is 14.4. The molecule has 7 nitrogen and oxygen atoms in total. The van der Waals surface area contributed by atoms with E-state index in [-0.39, 0.29) is 31.0 Å². The predicted molar refractivity (Wildman–Crippen MR) is 136 cm³/mol. The van der Waals surface area contributed by atoms with Crippen LogP contribution in [0.2, 0.25) is 4.34 Å². The van der Waals surface area contributed by atoms with Crippen LogP contribution in [0.3, 0.4) is 0 Å². The highest BCUT2D eigenvalue weighted by Gasteiger charge is 2.31. The van der Waals surface area contributed by atoms with Crippen molar-refractivity contribution in [1.82, 2.24) is 0 Å². The summed E-state index contributed by atoms with van der Waals surface area (Å²) in [5, 5.41) is 0. The van der Waals surface area contributed by atoms with Gasteiger partial charge in [-0.15, -0.1) is 24.5 Å². The summed E-state index contributed by atoms with van der Waals surface area (Å²) in [4.78, 5) is -0.442. The van der Waals surface area contributed by atoms with Crippen molar-refractivity contribution in [3.05, 3.63) is 89.0 Å². The van der Waals surface area contributed by atoms with E-state index >= 15 is 0 Å². The maximum absolute atomic E-state index is 14.4. The van der Waals surface area contributed by atoms with Gasteiger partial charge in [-0.25, -0.2) is 21.2 Å². The fourth-order valence-electron chi connectivity index (χ4n) is 3.24. The van der Waals surface area contributed by atoms with E-state index < -0.39 is 42.9 Å². The number of anilines is 2. The van der Waals surface area contributed by atoms with Crippen LogP contribution in [-0.4, -0.2) is 23.2 Å². The van der Waals surface area contributed by atoms with Gasteiger partial charge in [0.25, 0.3) is 20.0 Å². The molecule has 0 aliphatic heterocycles. The predicted octanol–water partition coefficient (Wildman–Crippen LogP) is 6.71. The number of hydrogen-bond donors (Lipinski definition) is 2. The SMILES string of the molecule is O=S(=O)(Nc1cc(-c2ccccc2F)ccc1NS(=O)(=O)c1ccc(Cl)s1)c1ccc(OC(F)(F)F)cc1. The minimum absolute atomic E-state index is 0.112. The standard InChI is InChI=1S/C23H15ClF4N2O5S3/c24-21-11-12-22(36-21)38(33,34)29-19-10-5-14(17-3-1-2-4-18(17)25)13-20(19)30-37(31,32)16-8-6-15(7-9-16)35-23(26,27)28/h1-13,29-30H. The van der Waals surface area contributed by atoms with Crippen molar-refractivity contribution in [2.45, 2.75) is 15.5 Å². The minimum Gasteiger partial charge on any atom is -0.406 e. The van der Waals surface area contributed by atoms with E-state index in [0.717, 1.165) is 35.6 Å². The van der Waals surface area contributed by atoms with Gasteiger partial charge in [-0.2, -0.15) is 0 Å². The van der Waals surface area contributed by atoms with E-state index in [9.17, 15) is 34.4 Å². The van der Waals surface area contributed by atoms with Crippen LogP contribution < -0.4 is 14.2 Å². The van der Waals surface area contributed by atoms with Gasteiger partial charge in [0.1, 0.15) is 15.8 Å². The van der Waals surface area contributed by atoms with Gasteiger partial charge in [0.05, 0.1) is 20.6 Å². The third-order valence-corrected chi connectivity index (χ3v) is 9.34. The molecule has 38 heavy (non-hydrogen) atoms. The molecule has 0 saturated carbocycles. The van der Waals surface area contributed by atoms with Crippen molar-refractivity contribution in [3.63, 3.8) is 0 Å². The number of thiophene rings is 1. The Labute approximate surface area is 223 Å². The van der Waals surface area contributed by atoms with Crippen LogP contribution in [-0.2, 0) is 20.0 Å². The second-order valence-corrected chi connectivity index (χ2v) is 12.8. The third-order valence-electron chi connectivity index (χ3n) is 4.87. The third kappa shape index (κ3) is 6.56.